The number of hydrogen-bond donors (Lipinski definition) is 0. The average molecular weight is 358 g/mol. The van der Waals surface area contributed by atoms with Crippen molar-refractivity contribution in [1.82, 2.24) is 0 Å². The van der Waals surface area contributed by atoms with Crippen LogP contribution in [0.4, 0.5) is 0 Å². The van der Waals surface area contributed by atoms with Crippen molar-refractivity contribution >= 4 is 0 Å². The van der Waals surface area contributed by atoms with Gasteiger partial charge in [0.05, 0.1) is 19.8 Å². The van der Waals surface area contributed by atoms with Crippen molar-refractivity contribution in [3.05, 3.63) is 71.8 Å². The van der Waals surface area contributed by atoms with Crippen LogP contribution in [0.5, 0.6) is 0 Å². The molecule has 0 unspecified atom stereocenters. The molecule has 1 heterocycles. The molecule has 2 aromatic carbocycles. The molecule has 1 aliphatic rings. The summed E-state index contributed by atoms with van der Waals surface area (Å²) in [6.07, 6.45) is -1.28. The van der Waals surface area contributed by atoms with Gasteiger partial charge in [-0.25, -0.2) is 0 Å². The fraction of sp³-hybridized carbons (Fsp3) is 0.429. The van der Waals surface area contributed by atoms with Gasteiger partial charge in [-0.2, -0.15) is 0 Å². The van der Waals surface area contributed by atoms with Gasteiger partial charge in [-0.3, -0.25) is 0 Å². The highest BCUT2D eigenvalue weighted by Crippen LogP contribution is 2.28. The van der Waals surface area contributed by atoms with Crippen molar-refractivity contribution in [1.29, 1.82) is 0 Å². The Kier molecular flexibility index (Phi) is 7.17. The monoisotopic (exact) mass is 358 g/mol. The first-order valence-corrected chi connectivity index (χ1v) is 8.80. The van der Waals surface area contributed by atoms with Crippen LogP contribution in [0, 0.1) is 0 Å². The van der Waals surface area contributed by atoms with E-state index in [-0.39, 0.29) is 18.3 Å². The highest BCUT2D eigenvalue weighted by molar-refractivity contribution is 5.14. The summed E-state index contributed by atoms with van der Waals surface area (Å²) in [5.74, 6) is 0. The van der Waals surface area contributed by atoms with E-state index in [1.165, 1.54) is 0 Å². The van der Waals surface area contributed by atoms with E-state index in [2.05, 4.69) is 0 Å². The van der Waals surface area contributed by atoms with Gasteiger partial charge in [-0.05, 0) is 11.1 Å². The Morgan fingerprint density at radius 1 is 0.769 bits per heavy atom. The maximum absolute atomic E-state index is 6.13. The zero-order valence-corrected chi connectivity index (χ0v) is 15.2. The van der Waals surface area contributed by atoms with Gasteiger partial charge in [-0.1, -0.05) is 60.7 Å². The van der Waals surface area contributed by atoms with Crippen LogP contribution in [0.25, 0.3) is 0 Å². The Balaban J connectivity index is 1.59. The lowest BCUT2D eigenvalue weighted by Gasteiger charge is -2.23. The van der Waals surface area contributed by atoms with E-state index < -0.39 is 6.29 Å². The molecule has 0 N–H and O–H groups in total. The molecule has 0 aromatic heterocycles. The molecule has 2 aromatic rings. The third kappa shape index (κ3) is 4.90. The van der Waals surface area contributed by atoms with Crippen molar-refractivity contribution < 1.29 is 23.7 Å². The molecule has 4 atom stereocenters. The number of benzene rings is 2. The van der Waals surface area contributed by atoms with E-state index >= 15 is 0 Å². The Morgan fingerprint density at radius 2 is 1.38 bits per heavy atom. The first-order valence-electron chi connectivity index (χ1n) is 8.80. The maximum atomic E-state index is 6.13. The molecule has 5 heteroatoms. The molecular formula is C21H26O5. The first kappa shape index (κ1) is 19.0. The largest absolute Gasteiger partial charge is 0.374 e. The Morgan fingerprint density at radius 3 is 1.96 bits per heavy atom. The molecule has 1 fully saturated rings. The molecule has 0 spiro atoms. The Bertz CT molecular complexity index is 633. The van der Waals surface area contributed by atoms with Crippen molar-refractivity contribution in [2.24, 2.45) is 0 Å². The molecular weight excluding hydrogens is 332 g/mol. The molecule has 140 valence electrons. The number of ether oxygens (including phenoxy) is 5. The van der Waals surface area contributed by atoms with Gasteiger partial charge in [0, 0.05) is 14.2 Å². The van der Waals surface area contributed by atoms with E-state index in [4.69, 9.17) is 23.7 Å². The average Bonchev–Trinajstić information content (AvgIpc) is 3.04. The molecule has 26 heavy (non-hydrogen) atoms. The molecule has 0 radical (unpaired) electrons. The SMILES string of the molecule is CO[C@H]1O[C@H](COCc2ccccc2)[C@H](OCc2ccccc2)[C@H]1OC. The Labute approximate surface area is 154 Å². The zero-order valence-electron chi connectivity index (χ0n) is 15.2. The molecule has 0 amide bonds. The van der Waals surface area contributed by atoms with Crippen molar-refractivity contribution in [2.75, 3.05) is 20.8 Å². The van der Waals surface area contributed by atoms with Gasteiger partial charge in [0.25, 0.3) is 0 Å². The fourth-order valence-corrected chi connectivity index (χ4v) is 3.10. The lowest BCUT2D eigenvalue weighted by atomic mass is 10.1. The van der Waals surface area contributed by atoms with Crippen LogP contribution in [0.2, 0.25) is 0 Å². The quantitative estimate of drug-likeness (QED) is 0.689. The van der Waals surface area contributed by atoms with Crippen LogP contribution in [0.15, 0.2) is 60.7 Å². The van der Waals surface area contributed by atoms with E-state index in [9.17, 15) is 0 Å². The predicted molar refractivity (Wildman–Crippen MR) is 97.6 cm³/mol. The second-order valence-electron chi connectivity index (χ2n) is 6.24. The van der Waals surface area contributed by atoms with Crippen molar-refractivity contribution in [3.63, 3.8) is 0 Å². The molecule has 5 nitrogen and oxygen atoms in total. The number of methoxy groups -OCH3 is 2. The van der Waals surface area contributed by atoms with Crippen LogP contribution >= 0.6 is 0 Å². The zero-order chi connectivity index (χ0) is 18.2. The minimum absolute atomic E-state index is 0.252. The standard InChI is InChI=1S/C21H26O5/c1-22-20-19(25-14-17-11-7-4-8-12-17)18(26-21(20)23-2)15-24-13-16-9-5-3-6-10-16/h3-12,18-21H,13-15H2,1-2H3/t18-,19+,20-,21+/m1/s1. The van der Waals surface area contributed by atoms with Gasteiger partial charge in [0.15, 0.2) is 6.29 Å². The van der Waals surface area contributed by atoms with E-state index in [1.807, 2.05) is 60.7 Å². The van der Waals surface area contributed by atoms with E-state index in [1.54, 1.807) is 14.2 Å². The van der Waals surface area contributed by atoms with Gasteiger partial charge < -0.3 is 23.7 Å². The normalized spacial score (nSPS) is 25.5. The summed E-state index contributed by atoms with van der Waals surface area (Å²) < 4.78 is 28.9. The first-order chi connectivity index (χ1) is 12.8. The predicted octanol–water partition coefficient (Wildman–Crippen LogP) is 3.17. The molecule has 3 rings (SSSR count). The summed E-state index contributed by atoms with van der Waals surface area (Å²) in [7, 11) is 3.25. The lowest BCUT2D eigenvalue weighted by molar-refractivity contribution is -0.162. The van der Waals surface area contributed by atoms with Gasteiger partial charge in [0.2, 0.25) is 0 Å². The molecule has 0 saturated carbocycles. The van der Waals surface area contributed by atoms with Crippen LogP contribution < -0.4 is 0 Å². The van der Waals surface area contributed by atoms with Gasteiger partial charge in [-0.15, -0.1) is 0 Å². The number of rotatable bonds is 9. The summed E-state index contributed by atoms with van der Waals surface area (Å²) in [4.78, 5) is 0. The van der Waals surface area contributed by atoms with Crippen LogP contribution in [0.3, 0.4) is 0 Å². The van der Waals surface area contributed by atoms with Crippen molar-refractivity contribution in [3.8, 4) is 0 Å². The topological polar surface area (TPSA) is 46.2 Å². The fourth-order valence-electron chi connectivity index (χ4n) is 3.10. The summed E-state index contributed by atoms with van der Waals surface area (Å²) in [6, 6.07) is 20.1. The smallest absolute Gasteiger partial charge is 0.186 e. The van der Waals surface area contributed by atoms with Gasteiger partial charge >= 0.3 is 0 Å². The van der Waals surface area contributed by atoms with Crippen LogP contribution in [-0.4, -0.2) is 45.4 Å². The summed E-state index contributed by atoms with van der Waals surface area (Å²) in [5.41, 5.74) is 2.23. The maximum Gasteiger partial charge on any atom is 0.186 e. The third-order valence-electron chi connectivity index (χ3n) is 4.45. The van der Waals surface area contributed by atoms with Gasteiger partial charge in [0.1, 0.15) is 18.3 Å². The van der Waals surface area contributed by atoms with E-state index in [0.717, 1.165) is 11.1 Å². The minimum Gasteiger partial charge on any atom is -0.374 e. The van der Waals surface area contributed by atoms with Crippen LogP contribution in [-0.2, 0) is 36.9 Å². The highest BCUT2D eigenvalue weighted by atomic mass is 16.7. The minimum atomic E-state index is -0.467. The third-order valence-corrected chi connectivity index (χ3v) is 4.45. The number of hydrogen-bond acceptors (Lipinski definition) is 5. The lowest BCUT2D eigenvalue weighted by Crippen LogP contribution is -2.38. The van der Waals surface area contributed by atoms with Crippen LogP contribution in [0.1, 0.15) is 11.1 Å². The second-order valence-corrected chi connectivity index (χ2v) is 6.24. The second kappa shape index (κ2) is 9.80. The molecule has 0 bridgehead atoms. The highest BCUT2D eigenvalue weighted by Gasteiger charge is 2.46. The molecule has 1 saturated heterocycles. The van der Waals surface area contributed by atoms with E-state index in [0.29, 0.717) is 19.8 Å². The summed E-state index contributed by atoms with van der Waals surface area (Å²) >= 11 is 0. The molecule has 1 aliphatic heterocycles. The summed E-state index contributed by atoms with van der Waals surface area (Å²) in [6.45, 7) is 1.43. The van der Waals surface area contributed by atoms with Crippen molar-refractivity contribution in [2.45, 2.75) is 37.8 Å². The summed E-state index contributed by atoms with van der Waals surface area (Å²) in [5, 5.41) is 0. The molecule has 0 aliphatic carbocycles. The Hall–Kier alpha value is -1.76.